The van der Waals surface area contributed by atoms with Gasteiger partial charge in [0, 0.05) is 4.47 Å². The minimum atomic E-state index is -0.502. The van der Waals surface area contributed by atoms with Gasteiger partial charge in [0.05, 0.1) is 18.9 Å². The third-order valence-electron chi connectivity index (χ3n) is 4.63. The molecule has 0 fully saturated rings. The van der Waals surface area contributed by atoms with Crippen LogP contribution in [0.15, 0.2) is 70.2 Å². The first-order valence-electron chi connectivity index (χ1n) is 10.0. The first kappa shape index (κ1) is 24.0. The molecule has 3 rings (SSSR count). The molecule has 1 N–H and O–H groups in total. The molecule has 1 amide bonds. The Hall–Kier alpha value is -3.65. The monoisotopic (exact) mass is 510 g/mol. The van der Waals surface area contributed by atoms with Crippen molar-refractivity contribution in [2.45, 2.75) is 13.8 Å². The fourth-order valence-electron chi connectivity index (χ4n) is 2.97. The van der Waals surface area contributed by atoms with Crippen LogP contribution in [0, 0.1) is 13.8 Å². The van der Waals surface area contributed by atoms with E-state index < -0.39 is 5.97 Å². The molecular weight excluding hydrogens is 488 g/mol. The van der Waals surface area contributed by atoms with Crippen LogP contribution in [0.4, 0.5) is 0 Å². The van der Waals surface area contributed by atoms with Crippen molar-refractivity contribution in [1.29, 1.82) is 0 Å². The maximum Gasteiger partial charge on any atom is 0.343 e. The van der Waals surface area contributed by atoms with Crippen LogP contribution in [-0.4, -0.2) is 31.8 Å². The summed E-state index contributed by atoms with van der Waals surface area (Å²) in [4.78, 5) is 24.4. The van der Waals surface area contributed by atoms with Crippen molar-refractivity contribution in [3.63, 3.8) is 0 Å². The Bertz CT molecular complexity index is 1160. The van der Waals surface area contributed by atoms with E-state index >= 15 is 0 Å². The molecule has 0 aromatic heterocycles. The molecule has 0 heterocycles. The zero-order valence-electron chi connectivity index (χ0n) is 18.4. The molecule has 0 unspecified atom stereocenters. The van der Waals surface area contributed by atoms with Crippen LogP contribution in [0.3, 0.4) is 0 Å². The number of esters is 1. The molecule has 0 aliphatic carbocycles. The van der Waals surface area contributed by atoms with Crippen LogP contribution in [0.25, 0.3) is 0 Å². The number of methoxy groups -OCH3 is 1. The number of halogens is 1. The number of hydrazone groups is 1. The van der Waals surface area contributed by atoms with Gasteiger partial charge >= 0.3 is 5.97 Å². The van der Waals surface area contributed by atoms with Gasteiger partial charge in [0.15, 0.2) is 18.1 Å². The van der Waals surface area contributed by atoms with Gasteiger partial charge in [-0.3, -0.25) is 4.79 Å². The predicted molar refractivity (Wildman–Crippen MR) is 129 cm³/mol. The quantitative estimate of drug-likeness (QED) is 0.203. The molecule has 0 saturated heterocycles. The van der Waals surface area contributed by atoms with Crippen LogP contribution in [0.1, 0.15) is 27.0 Å². The molecule has 0 bridgehead atoms. The lowest BCUT2D eigenvalue weighted by molar-refractivity contribution is -0.123. The van der Waals surface area contributed by atoms with Gasteiger partial charge in [-0.2, -0.15) is 5.10 Å². The van der Waals surface area contributed by atoms with Crippen molar-refractivity contribution >= 4 is 34.0 Å². The summed E-state index contributed by atoms with van der Waals surface area (Å²) in [5, 5.41) is 3.95. The summed E-state index contributed by atoms with van der Waals surface area (Å²) >= 11 is 3.33. The van der Waals surface area contributed by atoms with Crippen LogP contribution < -0.4 is 19.6 Å². The van der Waals surface area contributed by atoms with E-state index in [4.69, 9.17) is 14.2 Å². The smallest absolute Gasteiger partial charge is 0.343 e. The summed E-state index contributed by atoms with van der Waals surface area (Å²) in [6, 6.07) is 17.6. The van der Waals surface area contributed by atoms with Crippen LogP contribution in [-0.2, 0) is 4.79 Å². The minimum Gasteiger partial charge on any atom is -0.493 e. The van der Waals surface area contributed by atoms with Crippen molar-refractivity contribution in [3.8, 4) is 17.2 Å². The molecule has 8 heteroatoms. The van der Waals surface area contributed by atoms with E-state index in [9.17, 15) is 9.59 Å². The first-order valence-corrected chi connectivity index (χ1v) is 10.8. The molecule has 0 aliphatic rings. The average Bonchev–Trinajstić information content (AvgIpc) is 2.80. The summed E-state index contributed by atoms with van der Waals surface area (Å²) in [7, 11) is 1.47. The molecule has 0 aliphatic heterocycles. The minimum absolute atomic E-state index is 0.155. The van der Waals surface area contributed by atoms with Gasteiger partial charge in [0.2, 0.25) is 0 Å². The molecule has 0 saturated carbocycles. The van der Waals surface area contributed by atoms with Crippen molar-refractivity contribution in [2.75, 3.05) is 13.7 Å². The normalized spacial score (nSPS) is 10.7. The molecule has 0 radical (unpaired) electrons. The SMILES string of the molecule is COc1cc(/C=N\NC(=O)COc2c(C)cccc2C)ccc1OC(=O)c1ccc(Br)cc1. The zero-order valence-corrected chi connectivity index (χ0v) is 20.0. The molecule has 0 spiro atoms. The number of rotatable bonds is 8. The van der Waals surface area contributed by atoms with Crippen LogP contribution in [0.5, 0.6) is 17.2 Å². The first-order chi connectivity index (χ1) is 15.9. The highest BCUT2D eigenvalue weighted by molar-refractivity contribution is 9.10. The topological polar surface area (TPSA) is 86.2 Å². The Kier molecular flexibility index (Phi) is 8.21. The van der Waals surface area contributed by atoms with E-state index in [1.165, 1.54) is 13.3 Å². The van der Waals surface area contributed by atoms with Gasteiger partial charge in [-0.1, -0.05) is 34.1 Å². The number of nitrogens with zero attached hydrogens (tertiary/aromatic N) is 1. The molecular formula is C25H23BrN2O5. The summed E-state index contributed by atoms with van der Waals surface area (Å²) in [6.45, 7) is 3.69. The molecule has 7 nitrogen and oxygen atoms in total. The molecule has 170 valence electrons. The second kappa shape index (κ2) is 11.3. The van der Waals surface area contributed by atoms with Gasteiger partial charge < -0.3 is 14.2 Å². The number of aryl methyl sites for hydroxylation is 2. The second-order valence-electron chi connectivity index (χ2n) is 7.11. The third-order valence-corrected chi connectivity index (χ3v) is 5.16. The van der Waals surface area contributed by atoms with Crippen molar-refractivity contribution < 1.29 is 23.8 Å². The molecule has 33 heavy (non-hydrogen) atoms. The zero-order chi connectivity index (χ0) is 23.8. The van der Waals surface area contributed by atoms with Gasteiger partial charge in [-0.05, 0) is 73.0 Å². The third kappa shape index (κ3) is 6.66. The van der Waals surface area contributed by atoms with Crippen LogP contribution >= 0.6 is 15.9 Å². The van der Waals surface area contributed by atoms with Crippen molar-refractivity contribution in [3.05, 3.63) is 87.4 Å². The fraction of sp³-hybridized carbons (Fsp3) is 0.160. The van der Waals surface area contributed by atoms with E-state index in [0.29, 0.717) is 22.6 Å². The lowest BCUT2D eigenvalue weighted by Gasteiger charge is -2.11. The average molecular weight is 511 g/mol. The van der Waals surface area contributed by atoms with Crippen LogP contribution in [0.2, 0.25) is 0 Å². The summed E-state index contributed by atoms with van der Waals surface area (Å²) in [6.07, 6.45) is 1.46. The van der Waals surface area contributed by atoms with Crippen molar-refractivity contribution in [1.82, 2.24) is 5.43 Å². The number of benzene rings is 3. The number of amides is 1. The summed E-state index contributed by atoms with van der Waals surface area (Å²) < 4.78 is 17.2. The number of para-hydroxylation sites is 1. The number of hydrogen-bond acceptors (Lipinski definition) is 6. The molecule has 3 aromatic carbocycles. The second-order valence-corrected chi connectivity index (χ2v) is 8.03. The van der Waals surface area contributed by atoms with Crippen molar-refractivity contribution in [2.24, 2.45) is 5.10 Å². The highest BCUT2D eigenvalue weighted by Gasteiger charge is 2.13. The van der Waals surface area contributed by atoms with E-state index in [1.54, 1.807) is 42.5 Å². The lowest BCUT2D eigenvalue weighted by Crippen LogP contribution is -2.25. The Morgan fingerprint density at radius 2 is 1.70 bits per heavy atom. The Morgan fingerprint density at radius 1 is 1.00 bits per heavy atom. The number of hydrogen-bond donors (Lipinski definition) is 1. The van der Waals surface area contributed by atoms with E-state index in [0.717, 1.165) is 15.6 Å². The van der Waals surface area contributed by atoms with E-state index in [1.807, 2.05) is 32.0 Å². The standard InChI is InChI=1S/C25H23BrN2O5/c1-16-5-4-6-17(2)24(16)32-15-23(29)28-27-14-18-7-12-21(22(13-18)31-3)33-25(30)19-8-10-20(26)11-9-19/h4-14H,15H2,1-3H3,(H,28,29)/b27-14-. The van der Waals surface area contributed by atoms with E-state index in [-0.39, 0.29) is 18.3 Å². The van der Waals surface area contributed by atoms with Gasteiger partial charge in [0.25, 0.3) is 5.91 Å². The lowest BCUT2D eigenvalue weighted by atomic mass is 10.1. The number of ether oxygens (including phenoxy) is 3. The molecule has 3 aromatic rings. The largest absolute Gasteiger partial charge is 0.493 e. The van der Waals surface area contributed by atoms with E-state index in [2.05, 4.69) is 26.5 Å². The summed E-state index contributed by atoms with van der Waals surface area (Å²) in [5.41, 5.74) is 5.40. The van der Waals surface area contributed by atoms with Gasteiger partial charge in [0.1, 0.15) is 5.75 Å². The van der Waals surface area contributed by atoms with Gasteiger partial charge in [-0.25, -0.2) is 10.2 Å². The fourth-order valence-corrected chi connectivity index (χ4v) is 3.23. The van der Waals surface area contributed by atoms with Gasteiger partial charge in [-0.15, -0.1) is 0 Å². The Balaban J connectivity index is 1.58. The predicted octanol–water partition coefficient (Wildman–Crippen LogP) is 4.82. The Morgan fingerprint density at radius 3 is 2.36 bits per heavy atom. The highest BCUT2D eigenvalue weighted by Crippen LogP contribution is 2.28. The maximum atomic E-state index is 12.4. The molecule has 0 atom stereocenters. The highest BCUT2D eigenvalue weighted by atomic mass is 79.9. The Labute approximate surface area is 200 Å². The number of carbonyl (C=O) groups excluding carboxylic acids is 2. The maximum absolute atomic E-state index is 12.4. The number of nitrogens with one attached hydrogen (secondary N) is 1. The number of carbonyl (C=O) groups is 2. The summed E-state index contributed by atoms with van der Waals surface area (Å²) in [5.74, 6) is 0.427.